The third-order valence-corrected chi connectivity index (χ3v) is 5.75. The summed E-state index contributed by atoms with van der Waals surface area (Å²) in [6.45, 7) is 1.25. The lowest BCUT2D eigenvalue weighted by Gasteiger charge is -2.22. The fourth-order valence-electron chi connectivity index (χ4n) is 2.71. The Labute approximate surface area is 189 Å². The first-order valence-corrected chi connectivity index (χ1v) is 10.3. The highest BCUT2D eigenvalue weighted by molar-refractivity contribution is 9.10. The molecule has 0 saturated heterocycles. The van der Waals surface area contributed by atoms with Gasteiger partial charge in [-0.1, -0.05) is 27.3 Å². The Morgan fingerprint density at radius 1 is 1.07 bits per heavy atom. The number of amides is 1. The first-order valence-electron chi connectivity index (χ1n) is 8.67. The number of fused-ring (bicyclic) bond motifs is 1. The van der Waals surface area contributed by atoms with Gasteiger partial charge in [-0.3, -0.25) is 9.69 Å². The molecule has 6 nitrogen and oxygen atoms in total. The van der Waals surface area contributed by atoms with Crippen molar-refractivity contribution < 1.29 is 14.3 Å². The van der Waals surface area contributed by atoms with E-state index in [1.54, 1.807) is 37.3 Å². The van der Waals surface area contributed by atoms with Crippen molar-refractivity contribution in [3.63, 3.8) is 0 Å². The van der Waals surface area contributed by atoms with Gasteiger partial charge in [0.25, 0.3) is 5.91 Å². The fourth-order valence-corrected chi connectivity index (χ4v) is 4.25. The molecule has 0 radical (unpaired) electrons. The molecule has 0 fully saturated rings. The summed E-state index contributed by atoms with van der Waals surface area (Å²) in [5, 5.41) is 0.676. The van der Waals surface area contributed by atoms with Crippen LogP contribution in [-0.2, 0) is 0 Å². The monoisotopic (exact) mass is 499 g/mol. The number of hydrogen-bond acceptors (Lipinski definition) is 6. The van der Waals surface area contributed by atoms with Gasteiger partial charge in [0, 0.05) is 23.1 Å². The van der Waals surface area contributed by atoms with Crippen molar-refractivity contribution in [2.45, 2.75) is 0 Å². The van der Waals surface area contributed by atoms with Crippen molar-refractivity contribution in [1.29, 1.82) is 0 Å². The minimum atomic E-state index is -0.124. The lowest BCUT2D eigenvalue weighted by Crippen LogP contribution is -2.36. The Kier molecular flexibility index (Phi) is 8.27. The lowest BCUT2D eigenvalue weighted by molar-refractivity contribution is 0.0985. The Morgan fingerprint density at radius 2 is 1.79 bits per heavy atom. The summed E-state index contributed by atoms with van der Waals surface area (Å²) in [6, 6.07) is 11.1. The molecule has 0 spiro atoms. The molecule has 0 aliphatic rings. The highest BCUT2D eigenvalue weighted by Crippen LogP contribution is 2.33. The number of nitrogens with zero attached hydrogens (tertiary/aromatic N) is 3. The van der Waals surface area contributed by atoms with Gasteiger partial charge < -0.3 is 14.4 Å². The van der Waals surface area contributed by atoms with E-state index in [-0.39, 0.29) is 18.3 Å². The van der Waals surface area contributed by atoms with E-state index >= 15 is 0 Å². The number of rotatable bonds is 7. The fraction of sp³-hybridized carbons (Fsp3) is 0.300. The van der Waals surface area contributed by atoms with Crippen LogP contribution in [0.3, 0.4) is 0 Å². The van der Waals surface area contributed by atoms with Gasteiger partial charge in [-0.2, -0.15) is 0 Å². The van der Waals surface area contributed by atoms with E-state index < -0.39 is 0 Å². The topological polar surface area (TPSA) is 54.9 Å². The van der Waals surface area contributed by atoms with Crippen molar-refractivity contribution in [3.8, 4) is 11.5 Å². The first-order chi connectivity index (χ1) is 13.4. The lowest BCUT2D eigenvalue weighted by atomic mass is 10.1. The molecule has 29 heavy (non-hydrogen) atoms. The molecular weight excluding hydrogens is 478 g/mol. The summed E-state index contributed by atoms with van der Waals surface area (Å²) >= 11 is 4.99. The van der Waals surface area contributed by atoms with Crippen molar-refractivity contribution in [2.75, 3.05) is 46.3 Å². The predicted octanol–water partition coefficient (Wildman–Crippen LogP) is 4.71. The van der Waals surface area contributed by atoms with Gasteiger partial charge in [-0.15, -0.1) is 12.4 Å². The van der Waals surface area contributed by atoms with E-state index in [0.29, 0.717) is 28.7 Å². The number of aromatic nitrogens is 1. The summed E-state index contributed by atoms with van der Waals surface area (Å²) in [5.41, 5.74) is 1.40. The third kappa shape index (κ3) is 5.39. The Balaban J connectivity index is 0.00000300. The van der Waals surface area contributed by atoms with Crippen LogP contribution in [0.1, 0.15) is 10.4 Å². The van der Waals surface area contributed by atoms with Crippen LogP contribution in [0.25, 0.3) is 10.2 Å². The van der Waals surface area contributed by atoms with Crippen LogP contribution < -0.4 is 14.4 Å². The number of hydrogen-bond donors (Lipinski definition) is 0. The Bertz CT molecular complexity index is 996. The van der Waals surface area contributed by atoms with E-state index in [0.717, 1.165) is 21.2 Å². The van der Waals surface area contributed by atoms with E-state index in [4.69, 9.17) is 9.47 Å². The average molecular weight is 501 g/mol. The van der Waals surface area contributed by atoms with Crippen molar-refractivity contribution in [3.05, 3.63) is 46.4 Å². The minimum absolute atomic E-state index is 0. The largest absolute Gasteiger partial charge is 0.493 e. The molecule has 0 aliphatic carbocycles. The summed E-state index contributed by atoms with van der Waals surface area (Å²) in [6.07, 6.45) is 0. The second-order valence-electron chi connectivity index (χ2n) is 6.44. The Hall–Kier alpha value is -1.87. The molecule has 0 bridgehead atoms. The number of anilines is 1. The van der Waals surface area contributed by atoms with Gasteiger partial charge in [0.1, 0.15) is 0 Å². The van der Waals surface area contributed by atoms with Gasteiger partial charge in [-0.05, 0) is 50.5 Å². The summed E-state index contributed by atoms with van der Waals surface area (Å²) in [5.74, 6) is 0.985. The Morgan fingerprint density at radius 3 is 2.45 bits per heavy atom. The maximum absolute atomic E-state index is 13.3. The number of methoxy groups -OCH3 is 2. The van der Waals surface area contributed by atoms with Gasteiger partial charge in [0.15, 0.2) is 16.6 Å². The van der Waals surface area contributed by atoms with E-state index in [2.05, 4.69) is 20.9 Å². The molecule has 156 valence electrons. The zero-order valence-corrected chi connectivity index (χ0v) is 19.9. The molecule has 0 N–H and O–H groups in total. The highest BCUT2D eigenvalue weighted by atomic mass is 79.9. The molecule has 2 aromatic carbocycles. The zero-order valence-electron chi connectivity index (χ0n) is 16.6. The number of ether oxygens (including phenoxy) is 2. The van der Waals surface area contributed by atoms with Crippen LogP contribution in [0.15, 0.2) is 40.9 Å². The van der Waals surface area contributed by atoms with Crippen molar-refractivity contribution in [1.82, 2.24) is 9.88 Å². The summed E-state index contributed by atoms with van der Waals surface area (Å²) < 4.78 is 12.6. The van der Waals surface area contributed by atoms with E-state index in [1.807, 2.05) is 37.2 Å². The van der Waals surface area contributed by atoms with Gasteiger partial charge in [-0.25, -0.2) is 4.98 Å². The average Bonchev–Trinajstić information content (AvgIpc) is 3.09. The maximum Gasteiger partial charge on any atom is 0.260 e. The summed E-state index contributed by atoms with van der Waals surface area (Å²) in [4.78, 5) is 21.8. The second-order valence-corrected chi connectivity index (χ2v) is 8.36. The SMILES string of the molecule is COc1ccc(C(=O)N(CCN(C)C)c2nc3ccc(Br)cc3s2)cc1OC.Cl. The van der Waals surface area contributed by atoms with Crippen LogP contribution in [0.5, 0.6) is 11.5 Å². The van der Waals surface area contributed by atoms with Crippen LogP contribution in [-0.4, -0.2) is 57.2 Å². The number of halogens is 2. The molecule has 3 aromatic rings. The highest BCUT2D eigenvalue weighted by Gasteiger charge is 2.22. The molecule has 0 atom stereocenters. The van der Waals surface area contributed by atoms with Crippen LogP contribution in [0.4, 0.5) is 5.13 Å². The minimum Gasteiger partial charge on any atom is -0.493 e. The first kappa shape index (κ1) is 23.4. The third-order valence-electron chi connectivity index (χ3n) is 4.22. The normalized spacial score (nSPS) is 10.7. The number of likely N-dealkylation sites (N-methyl/N-ethyl adjacent to an activating group) is 1. The number of thiazole rings is 1. The number of benzene rings is 2. The van der Waals surface area contributed by atoms with Crippen LogP contribution >= 0.6 is 39.7 Å². The molecule has 1 aromatic heterocycles. The predicted molar refractivity (Wildman–Crippen MR) is 124 cm³/mol. The molecule has 0 saturated carbocycles. The molecule has 3 rings (SSSR count). The van der Waals surface area contributed by atoms with Crippen molar-refractivity contribution >= 4 is 60.9 Å². The molecule has 0 unspecified atom stereocenters. The second kappa shape index (κ2) is 10.2. The zero-order chi connectivity index (χ0) is 20.3. The van der Waals surface area contributed by atoms with Crippen molar-refractivity contribution in [2.24, 2.45) is 0 Å². The molecular formula is C20H23BrClN3O3S. The number of carbonyl (C=O) groups excluding carboxylic acids is 1. The maximum atomic E-state index is 13.3. The van der Waals surface area contributed by atoms with E-state index in [1.165, 1.54) is 11.3 Å². The molecule has 1 heterocycles. The molecule has 0 aliphatic heterocycles. The smallest absolute Gasteiger partial charge is 0.260 e. The summed E-state index contributed by atoms with van der Waals surface area (Å²) in [7, 11) is 7.09. The standard InChI is InChI=1S/C20H22BrN3O3S.ClH/c1-23(2)9-10-24(20-22-15-7-6-14(21)12-18(15)28-20)19(25)13-5-8-16(26-3)17(11-13)27-4;/h5-8,11-12H,9-10H2,1-4H3;1H. The number of carbonyl (C=O) groups is 1. The van der Waals surface area contributed by atoms with Gasteiger partial charge in [0.2, 0.25) is 0 Å². The van der Waals surface area contributed by atoms with Gasteiger partial charge >= 0.3 is 0 Å². The van der Waals surface area contributed by atoms with E-state index in [9.17, 15) is 4.79 Å². The van der Waals surface area contributed by atoms with Crippen LogP contribution in [0, 0.1) is 0 Å². The molecule has 1 amide bonds. The quantitative estimate of drug-likeness (QED) is 0.470. The molecule has 9 heteroatoms. The van der Waals surface area contributed by atoms with Crippen LogP contribution in [0.2, 0.25) is 0 Å². The van der Waals surface area contributed by atoms with Gasteiger partial charge in [0.05, 0.1) is 24.4 Å².